The number of ether oxygens (including phenoxy) is 1. The Kier molecular flexibility index (Phi) is 2.80. The summed E-state index contributed by atoms with van der Waals surface area (Å²) in [5, 5.41) is 7.73. The van der Waals surface area contributed by atoms with Crippen LogP contribution in [0.15, 0.2) is 6.20 Å². The van der Waals surface area contributed by atoms with Gasteiger partial charge in [0.1, 0.15) is 0 Å². The Morgan fingerprint density at radius 1 is 1.31 bits per heavy atom. The van der Waals surface area contributed by atoms with Crippen molar-refractivity contribution in [1.29, 1.82) is 0 Å². The third-order valence-corrected chi connectivity index (χ3v) is 3.22. The number of nitrogens with zero attached hydrogens (tertiary/aromatic N) is 3. The molecule has 5 heteroatoms. The lowest BCUT2D eigenvalue weighted by atomic mass is 10.2. The topological polar surface area (TPSA) is 42.3 Å². The molecule has 3 rings (SSSR count). The van der Waals surface area contributed by atoms with Crippen molar-refractivity contribution >= 4 is 0 Å². The fraction of sp³-hybridized carbons (Fsp3) is 0.727. The molecule has 1 fully saturated rings. The number of rotatable bonds is 2. The lowest BCUT2D eigenvalue weighted by Gasteiger charge is -2.27. The van der Waals surface area contributed by atoms with E-state index < -0.39 is 0 Å². The summed E-state index contributed by atoms with van der Waals surface area (Å²) in [5.41, 5.74) is 1.24. The van der Waals surface area contributed by atoms with E-state index in [-0.39, 0.29) is 0 Å². The summed E-state index contributed by atoms with van der Waals surface area (Å²) in [6, 6.07) is 0. The zero-order valence-electron chi connectivity index (χ0n) is 9.48. The minimum absolute atomic E-state index is 0.834. The van der Waals surface area contributed by atoms with Gasteiger partial charge in [-0.25, -0.2) is 4.68 Å². The van der Waals surface area contributed by atoms with E-state index in [1.807, 2.05) is 10.9 Å². The largest absolute Gasteiger partial charge is 0.478 e. The van der Waals surface area contributed by atoms with Crippen LogP contribution in [0, 0.1) is 0 Å². The Hall–Kier alpha value is -1.07. The van der Waals surface area contributed by atoms with Gasteiger partial charge in [0.05, 0.1) is 12.8 Å². The number of hydrogen-bond acceptors (Lipinski definition) is 4. The highest BCUT2D eigenvalue weighted by atomic mass is 16.5. The summed E-state index contributed by atoms with van der Waals surface area (Å²) in [7, 11) is 0. The van der Waals surface area contributed by atoms with Crippen molar-refractivity contribution < 1.29 is 4.74 Å². The smallest absolute Gasteiger partial charge is 0.216 e. The zero-order chi connectivity index (χ0) is 10.8. The van der Waals surface area contributed by atoms with Gasteiger partial charge < -0.3 is 10.1 Å². The van der Waals surface area contributed by atoms with Crippen LogP contribution >= 0.6 is 0 Å². The van der Waals surface area contributed by atoms with Crippen LogP contribution < -0.4 is 10.1 Å². The fourth-order valence-corrected chi connectivity index (χ4v) is 2.34. The van der Waals surface area contributed by atoms with Crippen molar-refractivity contribution in [2.24, 2.45) is 0 Å². The van der Waals surface area contributed by atoms with Crippen LogP contribution in [-0.2, 0) is 13.1 Å². The van der Waals surface area contributed by atoms with Gasteiger partial charge in [0.15, 0.2) is 0 Å². The predicted molar refractivity (Wildman–Crippen MR) is 60.5 cm³/mol. The second-order valence-corrected chi connectivity index (χ2v) is 4.43. The van der Waals surface area contributed by atoms with Crippen LogP contribution in [0.3, 0.4) is 0 Å². The van der Waals surface area contributed by atoms with Gasteiger partial charge in [-0.15, -0.1) is 0 Å². The van der Waals surface area contributed by atoms with E-state index >= 15 is 0 Å². The Balaban J connectivity index is 1.71. The van der Waals surface area contributed by atoms with Crippen LogP contribution in [0.4, 0.5) is 0 Å². The highest BCUT2D eigenvalue weighted by Gasteiger charge is 2.19. The standard InChI is InChI=1S/C11H18N4O/c1-4-15-11(16-7-1)10(8-13-15)9-14-5-2-12-3-6-14/h8,12H,1-7,9H2. The maximum Gasteiger partial charge on any atom is 0.216 e. The number of piperazine rings is 1. The lowest BCUT2D eigenvalue weighted by molar-refractivity contribution is 0.209. The molecule has 1 N–H and O–H groups in total. The van der Waals surface area contributed by atoms with Gasteiger partial charge in [-0.3, -0.25) is 4.90 Å². The first kappa shape index (κ1) is 10.1. The molecule has 0 aliphatic carbocycles. The van der Waals surface area contributed by atoms with Crippen molar-refractivity contribution in [2.45, 2.75) is 19.5 Å². The normalized spacial score (nSPS) is 21.5. The molecule has 0 saturated carbocycles. The molecule has 3 heterocycles. The van der Waals surface area contributed by atoms with Gasteiger partial charge in [-0.1, -0.05) is 0 Å². The molecule has 0 bridgehead atoms. The minimum atomic E-state index is 0.834. The quantitative estimate of drug-likeness (QED) is 0.769. The van der Waals surface area contributed by atoms with Crippen molar-refractivity contribution in [1.82, 2.24) is 20.0 Å². The summed E-state index contributed by atoms with van der Waals surface area (Å²) >= 11 is 0. The first-order chi connectivity index (χ1) is 7.93. The number of aromatic nitrogens is 2. The molecule has 0 amide bonds. The summed E-state index contributed by atoms with van der Waals surface area (Å²) in [4.78, 5) is 2.45. The average molecular weight is 222 g/mol. The van der Waals surface area contributed by atoms with Crippen molar-refractivity contribution in [3.8, 4) is 5.88 Å². The Labute approximate surface area is 95.4 Å². The van der Waals surface area contributed by atoms with Crippen LogP contribution in [0.25, 0.3) is 0 Å². The maximum absolute atomic E-state index is 5.69. The average Bonchev–Trinajstić information content (AvgIpc) is 2.74. The van der Waals surface area contributed by atoms with Crippen LogP contribution in [-0.4, -0.2) is 47.5 Å². The lowest BCUT2D eigenvalue weighted by Crippen LogP contribution is -2.42. The minimum Gasteiger partial charge on any atom is -0.478 e. The predicted octanol–water partition coefficient (Wildman–Crippen LogP) is 0.0708. The molecule has 1 saturated heterocycles. The van der Waals surface area contributed by atoms with Gasteiger partial charge in [0.25, 0.3) is 0 Å². The fourth-order valence-electron chi connectivity index (χ4n) is 2.34. The third kappa shape index (κ3) is 1.92. The van der Waals surface area contributed by atoms with Crippen molar-refractivity contribution in [2.75, 3.05) is 32.8 Å². The van der Waals surface area contributed by atoms with Crippen LogP contribution in [0.2, 0.25) is 0 Å². The Morgan fingerprint density at radius 3 is 3.06 bits per heavy atom. The van der Waals surface area contributed by atoms with Crippen LogP contribution in [0.1, 0.15) is 12.0 Å². The monoisotopic (exact) mass is 222 g/mol. The van der Waals surface area contributed by atoms with Gasteiger partial charge in [0, 0.05) is 51.3 Å². The molecular formula is C11H18N4O. The van der Waals surface area contributed by atoms with E-state index in [1.165, 1.54) is 5.56 Å². The molecule has 0 unspecified atom stereocenters. The van der Waals surface area contributed by atoms with Gasteiger partial charge in [-0.05, 0) is 0 Å². The number of fused-ring (bicyclic) bond motifs is 1. The van der Waals surface area contributed by atoms with E-state index in [0.717, 1.165) is 58.2 Å². The van der Waals surface area contributed by atoms with E-state index in [1.54, 1.807) is 0 Å². The number of aryl methyl sites for hydroxylation is 1. The van der Waals surface area contributed by atoms with E-state index in [0.29, 0.717) is 0 Å². The molecule has 0 atom stereocenters. The summed E-state index contributed by atoms with van der Waals surface area (Å²) < 4.78 is 7.68. The zero-order valence-corrected chi connectivity index (χ0v) is 9.48. The highest BCUT2D eigenvalue weighted by Crippen LogP contribution is 2.23. The second kappa shape index (κ2) is 4.43. The first-order valence-electron chi connectivity index (χ1n) is 6.04. The van der Waals surface area contributed by atoms with Crippen molar-refractivity contribution in [3.05, 3.63) is 11.8 Å². The van der Waals surface area contributed by atoms with Gasteiger partial charge in [-0.2, -0.15) is 5.10 Å². The molecule has 16 heavy (non-hydrogen) atoms. The van der Waals surface area contributed by atoms with E-state index in [9.17, 15) is 0 Å². The Bertz CT molecular complexity index is 357. The third-order valence-electron chi connectivity index (χ3n) is 3.22. The Morgan fingerprint density at radius 2 is 2.19 bits per heavy atom. The van der Waals surface area contributed by atoms with Crippen molar-refractivity contribution in [3.63, 3.8) is 0 Å². The van der Waals surface area contributed by atoms with Gasteiger partial charge in [0.2, 0.25) is 5.88 Å². The highest BCUT2D eigenvalue weighted by molar-refractivity contribution is 5.25. The molecule has 1 aromatic heterocycles. The SMILES string of the molecule is c1nn2c(c1CN1CCNCC1)OCCC2. The maximum atomic E-state index is 5.69. The van der Waals surface area contributed by atoms with Crippen LogP contribution in [0.5, 0.6) is 5.88 Å². The molecular weight excluding hydrogens is 204 g/mol. The van der Waals surface area contributed by atoms with Gasteiger partial charge >= 0.3 is 0 Å². The molecule has 88 valence electrons. The molecule has 1 aromatic rings. The number of hydrogen-bond donors (Lipinski definition) is 1. The summed E-state index contributed by atoms with van der Waals surface area (Å²) in [5.74, 6) is 0.991. The molecule has 0 aromatic carbocycles. The summed E-state index contributed by atoms with van der Waals surface area (Å²) in [6.07, 6.45) is 3.03. The van der Waals surface area contributed by atoms with E-state index in [4.69, 9.17) is 4.74 Å². The molecule has 5 nitrogen and oxygen atoms in total. The second-order valence-electron chi connectivity index (χ2n) is 4.43. The first-order valence-corrected chi connectivity index (χ1v) is 6.04. The molecule has 0 spiro atoms. The molecule has 2 aliphatic rings. The van der Waals surface area contributed by atoms with E-state index in [2.05, 4.69) is 15.3 Å². The molecule has 2 aliphatic heterocycles. The summed E-state index contributed by atoms with van der Waals surface area (Å²) in [6.45, 7) is 7.21. The molecule has 0 radical (unpaired) electrons. The number of nitrogens with one attached hydrogen (secondary N) is 1.